The number of anilines is 1. The molecular weight excluding hydrogens is 220 g/mol. The van der Waals surface area contributed by atoms with Gasteiger partial charge in [0.15, 0.2) is 0 Å². The summed E-state index contributed by atoms with van der Waals surface area (Å²) in [7, 11) is 0. The second kappa shape index (κ2) is 5.37. The number of nitrogens with one attached hydrogen (secondary N) is 1. The van der Waals surface area contributed by atoms with Crippen LogP contribution < -0.4 is 5.32 Å². The van der Waals surface area contributed by atoms with Crippen molar-refractivity contribution in [2.45, 2.75) is 18.9 Å². The highest BCUT2D eigenvalue weighted by atomic mass is 15.0. The molecule has 2 aromatic carbocycles. The average Bonchev–Trinajstić information content (AvgIpc) is 2.41. The predicted molar refractivity (Wildman–Crippen MR) is 74.2 cm³/mol. The Labute approximate surface area is 108 Å². The highest BCUT2D eigenvalue weighted by molar-refractivity contribution is 5.47. The lowest BCUT2D eigenvalue weighted by Gasteiger charge is -2.24. The zero-order chi connectivity index (χ0) is 12.8. The number of hydrogen-bond donors (Lipinski definition) is 1. The maximum absolute atomic E-state index is 9.40. The highest BCUT2D eigenvalue weighted by Crippen LogP contribution is 2.19. The third kappa shape index (κ3) is 3.11. The van der Waals surface area contributed by atoms with Crippen molar-refractivity contribution in [3.05, 3.63) is 66.2 Å². The molecular formula is C16H16N2. The molecule has 0 aliphatic rings. The molecule has 0 radical (unpaired) electrons. The van der Waals surface area contributed by atoms with Gasteiger partial charge < -0.3 is 5.32 Å². The van der Waals surface area contributed by atoms with E-state index in [1.54, 1.807) is 0 Å². The van der Waals surface area contributed by atoms with Gasteiger partial charge in [-0.2, -0.15) is 5.26 Å². The van der Waals surface area contributed by atoms with E-state index < -0.39 is 5.54 Å². The Morgan fingerprint density at radius 3 is 2.11 bits per heavy atom. The maximum atomic E-state index is 9.40. The van der Waals surface area contributed by atoms with Gasteiger partial charge in [-0.15, -0.1) is 0 Å². The average molecular weight is 236 g/mol. The van der Waals surface area contributed by atoms with Gasteiger partial charge in [0, 0.05) is 12.1 Å². The molecule has 0 spiro atoms. The Morgan fingerprint density at radius 2 is 1.56 bits per heavy atom. The zero-order valence-electron chi connectivity index (χ0n) is 10.4. The van der Waals surface area contributed by atoms with E-state index in [4.69, 9.17) is 0 Å². The van der Waals surface area contributed by atoms with Gasteiger partial charge in [0.1, 0.15) is 5.54 Å². The number of para-hydroxylation sites is 1. The van der Waals surface area contributed by atoms with Crippen molar-refractivity contribution >= 4 is 5.69 Å². The fourth-order valence-corrected chi connectivity index (χ4v) is 1.96. The molecule has 2 heteroatoms. The maximum Gasteiger partial charge on any atom is 0.126 e. The summed E-state index contributed by atoms with van der Waals surface area (Å²) in [5.74, 6) is 0. The summed E-state index contributed by atoms with van der Waals surface area (Å²) in [6, 6.07) is 22.3. The SMILES string of the molecule is C[C@@](C#N)(Cc1ccccc1)Nc1ccccc1. The molecule has 1 atom stereocenters. The first-order chi connectivity index (χ1) is 8.72. The van der Waals surface area contributed by atoms with E-state index in [1.165, 1.54) is 0 Å². The van der Waals surface area contributed by atoms with Gasteiger partial charge in [0.2, 0.25) is 0 Å². The lowest BCUT2D eigenvalue weighted by molar-refractivity contribution is 0.646. The van der Waals surface area contributed by atoms with Crippen LogP contribution in [-0.4, -0.2) is 5.54 Å². The van der Waals surface area contributed by atoms with Gasteiger partial charge in [-0.05, 0) is 24.6 Å². The van der Waals surface area contributed by atoms with Crippen LogP contribution in [0.4, 0.5) is 5.69 Å². The summed E-state index contributed by atoms with van der Waals surface area (Å²) in [4.78, 5) is 0. The molecule has 18 heavy (non-hydrogen) atoms. The molecule has 0 aromatic heterocycles. The fourth-order valence-electron chi connectivity index (χ4n) is 1.96. The Kier molecular flexibility index (Phi) is 3.64. The molecule has 1 N–H and O–H groups in total. The predicted octanol–water partition coefficient (Wildman–Crippen LogP) is 3.62. The minimum absolute atomic E-state index is 0.595. The summed E-state index contributed by atoms with van der Waals surface area (Å²) in [5.41, 5.74) is 1.53. The van der Waals surface area contributed by atoms with Crippen molar-refractivity contribution < 1.29 is 0 Å². The van der Waals surface area contributed by atoms with Gasteiger partial charge in [-0.3, -0.25) is 0 Å². The second-order valence-electron chi connectivity index (χ2n) is 4.60. The van der Waals surface area contributed by atoms with E-state index in [9.17, 15) is 5.26 Å². The number of hydrogen-bond acceptors (Lipinski definition) is 2. The Hall–Kier alpha value is -2.27. The van der Waals surface area contributed by atoms with Crippen LogP contribution in [-0.2, 0) is 6.42 Å². The molecule has 0 heterocycles. The first kappa shape index (κ1) is 12.2. The molecule has 0 aliphatic heterocycles. The molecule has 0 aliphatic carbocycles. The van der Waals surface area contributed by atoms with Crippen LogP contribution in [0.2, 0.25) is 0 Å². The van der Waals surface area contributed by atoms with E-state index in [0.717, 1.165) is 11.3 Å². The third-order valence-corrected chi connectivity index (χ3v) is 2.84. The fraction of sp³-hybridized carbons (Fsp3) is 0.188. The zero-order valence-corrected chi connectivity index (χ0v) is 10.4. The van der Waals surface area contributed by atoms with Crippen molar-refractivity contribution in [1.29, 1.82) is 5.26 Å². The molecule has 0 saturated heterocycles. The number of rotatable bonds is 4. The van der Waals surface area contributed by atoms with Gasteiger partial charge in [-0.25, -0.2) is 0 Å². The summed E-state index contributed by atoms with van der Waals surface area (Å²) in [6.45, 7) is 1.92. The molecule has 0 saturated carbocycles. The van der Waals surface area contributed by atoms with E-state index in [-0.39, 0.29) is 0 Å². The lowest BCUT2D eigenvalue weighted by Crippen LogP contribution is -2.35. The molecule has 90 valence electrons. The summed E-state index contributed by atoms with van der Waals surface area (Å²) in [6.07, 6.45) is 0.680. The summed E-state index contributed by atoms with van der Waals surface area (Å²) in [5, 5.41) is 12.7. The van der Waals surface area contributed by atoms with Gasteiger partial charge in [0.05, 0.1) is 6.07 Å². The van der Waals surface area contributed by atoms with E-state index in [0.29, 0.717) is 6.42 Å². The Morgan fingerprint density at radius 1 is 1.00 bits per heavy atom. The van der Waals surface area contributed by atoms with Crippen molar-refractivity contribution in [2.75, 3.05) is 5.32 Å². The molecule has 2 rings (SSSR count). The van der Waals surface area contributed by atoms with Crippen molar-refractivity contribution in [3.8, 4) is 6.07 Å². The van der Waals surface area contributed by atoms with Crippen LogP contribution in [0.3, 0.4) is 0 Å². The normalized spacial score (nSPS) is 13.3. The largest absolute Gasteiger partial charge is 0.367 e. The molecule has 0 unspecified atom stereocenters. The topological polar surface area (TPSA) is 35.8 Å². The van der Waals surface area contributed by atoms with Crippen LogP contribution in [0, 0.1) is 11.3 Å². The molecule has 0 bridgehead atoms. The van der Waals surface area contributed by atoms with E-state index >= 15 is 0 Å². The van der Waals surface area contributed by atoms with E-state index in [1.807, 2.05) is 67.6 Å². The van der Waals surface area contributed by atoms with E-state index in [2.05, 4.69) is 11.4 Å². The van der Waals surface area contributed by atoms with Gasteiger partial charge in [-0.1, -0.05) is 48.5 Å². The Balaban J connectivity index is 2.14. The summed E-state index contributed by atoms with van der Waals surface area (Å²) < 4.78 is 0. The van der Waals surface area contributed by atoms with Gasteiger partial charge in [0.25, 0.3) is 0 Å². The molecule has 0 fully saturated rings. The monoisotopic (exact) mass is 236 g/mol. The summed E-state index contributed by atoms with van der Waals surface area (Å²) >= 11 is 0. The number of nitriles is 1. The molecule has 0 amide bonds. The second-order valence-corrected chi connectivity index (χ2v) is 4.60. The van der Waals surface area contributed by atoms with Crippen LogP contribution >= 0.6 is 0 Å². The van der Waals surface area contributed by atoms with Crippen LogP contribution in [0.25, 0.3) is 0 Å². The Bertz CT molecular complexity index is 485. The minimum atomic E-state index is -0.595. The minimum Gasteiger partial charge on any atom is -0.367 e. The van der Waals surface area contributed by atoms with Crippen molar-refractivity contribution in [3.63, 3.8) is 0 Å². The van der Waals surface area contributed by atoms with Crippen molar-refractivity contribution in [2.24, 2.45) is 0 Å². The number of benzene rings is 2. The first-order valence-corrected chi connectivity index (χ1v) is 6.00. The third-order valence-electron chi connectivity index (χ3n) is 2.84. The molecule has 2 nitrogen and oxygen atoms in total. The quantitative estimate of drug-likeness (QED) is 0.880. The van der Waals surface area contributed by atoms with Crippen molar-refractivity contribution in [1.82, 2.24) is 0 Å². The van der Waals surface area contributed by atoms with Crippen LogP contribution in [0.1, 0.15) is 12.5 Å². The van der Waals surface area contributed by atoms with Gasteiger partial charge >= 0.3 is 0 Å². The number of nitrogens with zero attached hydrogens (tertiary/aromatic N) is 1. The van der Waals surface area contributed by atoms with Crippen LogP contribution in [0.5, 0.6) is 0 Å². The first-order valence-electron chi connectivity index (χ1n) is 6.00. The van der Waals surface area contributed by atoms with Crippen LogP contribution in [0.15, 0.2) is 60.7 Å². The standard InChI is InChI=1S/C16H16N2/c1-16(13-17,12-14-8-4-2-5-9-14)18-15-10-6-3-7-11-15/h2-11,18H,12H2,1H3/t16-/m0/s1. The molecule has 2 aromatic rings. The highest BCUT2D eigenvalue weighted by Gasteiger charge is 2.23. The lowest BCUT2D eigenvalue weighted by atomic mass is 9.94. The smallest absolute Gasteiger partial charge is 0.126 e.